The zero-order chi connectivity index (χ0) is 19.1. The van der Waals surface area contributed by atoms with E-state index < -0.39 is 31.0 Å². The monoisotopic (exact) mass is 370 g/mol. The van der Waals surface area contributed by atoms with Gasteiger partial charge in [-0.1, -0.05) is 0 Å². The van der Waals surface area contributed by atoms with Gasteiger partial charge in [-0.2, -0.15) is 0 Å². The number of hydrogen-bond donors (Lipinski definition) is 6. The van der Waals surface area contributed by atoms with Gasteiger partial charge in [-0.25, -0.2) is 4.98 Å². The van der Waals surface area contributed by atoms with Gasteiger partial charge in [0.2, 0.25) is 0 Å². The van der Waals surface area contributed by atoms with E-state index in [2.05, 4.69) is 19.9 Å². The van der Waals surface area contributed by atoms with Gasteiger partial charge in [-0.15, -0.1) is 0 Å². The number of hydrogen-bond acceptors (Lipinski definition) is 8. The fraction of sp³-hybridized carbons (Fsp3) is 0.278. The molecule has 27 heavy (non-hydrogen) atoms. The Hall–Kier alpha value is -2.69. The molecule has 3 aromatic heterocycles. The fourth-order valence-electron chi connectivity index (χ4n) is 3.19. The van der Waals surface area contributed by atoms with Crippen LogP contribution in [0.2, 0.25) is 0 Å². The van der Waals surface area contributed by atoms with Gasteiger partial charge >= 0.3 is 0 Å². The number of rotatable bonds is 5. The van der Waals surface area contributed by atoms with Crippen molar-refractivity contribution in [1.29, 1.82) is 0 Å². The number of aliphatic hydroxyl groups excluding tert-OH is 5. The Balaban J connectivity index is 1.90. The molecule has 4 aromatic rings. The number of H-pyrrole nitrogens is 1. The minimum Gasteiger partial charge on any atom is -0.394 e. The number of nitrogens with one attached hydrogen (secondary N) is 1. The van der Waals surface area contributed by atoms with Crippen molar-refractivity contribution in [3.63, 3.8) is 0 Å². The number of aromatic nitrogens is 4. The molecule has 6 N–H and O–H groups in total. The lowest BCUT2D eigenvalue weighted by Crippen LogP contribution is -2.42. The fourth-order valence-corrected chi connectivity index (χ4v) is 3.19. The number of aliphatic hydroxyl groups is 5. The lowest BCUT2D eigenvalue weighted by molar-refractivity contribution is -0.117. The lowest BCUT2D eigenvalue weighted by Gasteiger charge is -2.24. The van der Waals surface area contributed by atoms with Gasteiger partial charge in [0, 0.05) is 23.2 Å². The van der Waals surface area contributed by atoms with Gasteiger partial charge < -0.3 is 30.5 Å². The molecule has 9 nitrogen and oxygen atoms in total. The predicted molar refractivity (Wildman–Crippen MR) is 96.8 cm³/mol. The highest BCUT2D eigenvalue weighted by Crippen LogP contribution is 2.32. The van der Waals surface area contributed by atoms with Crippen molar-refractivity contribution in [2.24, 2.45) is 0 Å². The number of imidazole rings is 1. The number of fused-ring (bicyclic) bond motifs is 6. The van der Waals surface area contributed by atoms with Gasteiger partial charge in [0.15, 0.2) is 0 Å². The van der Waals surface area contributed by atoms with Crippen LogP contribution < -0.4 is 0 Å². The third kappa shape index (κ3) is 2.82. The molecule has 0 saturated carbocycles. The third-order valence-electron chi connectivity index (χ3n) is 4.62. The summed E-state index contributed by atoms with van der Waals surface area (Å²) >= 11 is 0. The molecular formula is C18H18N4O5. The quantitative estimate of drug-likeness (QED) is 0.263. The van der Waals surface area contributed by atoms with E-state index >= 15 is 0 Å². The van der Waals surface area contributed by atoms with E-state index in [1.54, 1.807) is 24.5 Å². The molecule has 4 atom stereocenters. The normalized spacial score (nSPS) is 16.6. The SMILES string of the molecule is OC[C@@H](O)[C@@H](O)[C@H](O)[C@@H](O)c1nc2c3cccnc3c3ncccc3c2[nH]1. The van der Waals surface area contributed by atoms with Crippen LogP contribution in [0.1, 0.15) is 11.9 Å². The van der Waals surface area contributed by atoms with Gasteiger partial charge in [0.1, 0.15) is 30.2 Å². The second-order valence-corrected chi connectivity index (χ2v) is 6.32. The average molecular weight is 370 g/mol. The van der Waals surface area contributed by atoms with Crippen LogP contribution in [0, 0.1) is 0 Å². The van der Waals surface area contributed by atoms with Crippen LogP contribution in [0.25, 0.3) is 32.8 Å². The maximum absolute atomic E-state index is 10.4. The standard InChI is InChI=1S/C18H18N4O5/c23-7-10(24)15(25)16(26)17(27)18-21-13-8-3-1-5-19-11(8)12-9(14(13)22-18)4-2-6-20-12/h1-6,10,15-17,23-27H,7H2,(H,21,22)/t10-,15-,16+,17-/m1/s1. The Morgan fingerprint density at radius 3 is 2.15 bits per heavy atom. The van der Waals surface area contributed by atoms with Crippen molar-refractivity contribution in [2.45, 2.75) is 24.4 Å². The van der Waals surface area contributed by atoms with Gasteiger partial charge in [-0.05, 0) is 24.3 Å². The Bertz CT molecular complexity index is 1040. The molecule has 4 rings (SSSR count). The summed E-state index contributed by atoms with van der Waals surface area (Å²) in [5.74, 6) is 0.0168. The van der Waals surface area contributed by atoms with Crippen molar-refractivity contribution < 1.29 is 25.5 Å². The molecule has 0 bridgehead atoms. The molecule has 0 aliphatic rings. The van der Waals surface area contributed by atoms with Gasteiger partial charge in [0.05, 0.1) is 28.7 Å². The smallest absolute Gasteiger partial charge is 0.140 e. The molecule has 0 fully saturated rings. The van der Waals surface area contributed by atoms with E-state index in [1.165, 1.54) is 0 Å². The molecule has 140 valence electrons. The summed E-state index contributed by atoms with van der Waals surface area (Å²) in [5.41, 5.74) is 2.47. The van der Waals surface area contributed by atoms with Crippen LogP contribution in [0.4, 0.5) is 0 Å². The average Bonchev–Trinajstić information content (AvgIpc) is 3.17. The molecule has 0 aliphatic heterocycles. The highest BCUT2D eigenvalue weighted by atomic mass is 16.4. The number of benzene rings is 1. The predicted octanol–water partition coefficient (Wildman–Crippen LogP) is -0.232. The highest BCUT2D eigenvalue weighted by Gasteiger charge is 2.33. The van der Waals surface area contributed by atoms with E-state index in [4.69, 9.17) is 5.11 Å². The highest BCUT2D eigenvalue weighted by molar-refractivity contribution is 6.20. The van der Waals surface area contributed by atoms with E-state index in [1.807, 2.05) is 12.1 Å². The van der Waals surface area contributed by atoms with E-state index in [0.717, 1.165) is 10.8 Å². The van der Waals surface area contributed by atoms with Crippen molar-refractivity contribution in [1.82, 2.24) is 19.9 Å². The molecule has 0 amide bonds. The molecule has 0 spiro atoms. The molecule has 3 heterocycles. The topological polar surface area (TPSA) is 156 Å². The second-order valence-electron chi connectivity index (χ2n) is 6.32. The molecule has 0 aliphatic carbocycles. The van der Waals surface area contributed by atoms with E-state index in [-0.39, 0.29) is 5.82 Å². The molecule has 0 saturated heterocycles. The summed E-state index contributed by atoms with van der Waals surface area (Å²) in [6, 6.07) is 7.20. The molecule has 1 aromatic carbocycles. The summed E-state index contributed by atoms with van der Waals surface area (Å²) in [4.78, 5) is 16.1. The van der Waals surface area contributed by atoms with Crippen molar-refractivity contribution in [3.8, 4) is 0 Å². The molecule has 0 radical (unpaired) electrons. The minimum atomic E-state index is -1.75. The first-order valence-corrected chi connectivity index (χ1v) is 8.37. The Kier molecular flexibility index (Phi) is 4.46. The molecule has 0 unspecified atom stereocenters. The Morgan fingerprint density at radius 1 is 0.852 bits per heavy atom. The first-order chi connectivity index (χ1) is 13.0. The number of pyridine rings is 2. The first kappa shape index (κ1) is 17.7. The van der Waals surface area contributed by atoms with E-state index in [0.29, 0.717) is 22.1 Å². The maximum atomic E-state index is 10.4. The van der Waals surface area contributed by atoms with Crippen molar-refractivity contribution in [2.75, 3.05) is 6.61 Å². The Labute approximate surface area is 152 Å². The van der Waals surface area contributed by atoms with Crippen LogP contribution in [0.3, 0.4) is 0 Å². The molecule has 9 heteroatoms. The molecular weight excluding hydrogens is 352 g/mol. The third-order valence-corrected chi connectivity index (χ3v) is 4.62. The van der Waals surface area contributed by atoms with Gasteiger partial charge in [0.25, 0.3) is 0 Å². The van der Waals surface area contributed by atoms with Gasteiger partial charge in [-0.3, -0.25) is 9.97 Å². The number of aromatic amines is 1. The van der Waals surface area contributed by atoms with Crippen LogP contribution in [0.5, 0.6) is 0 Å². The summed E-state index contributed by atoms with van der Waals surface area (Å²) < 4.78 is 0. The largest absolute Gasteiger partial charge is 0.394 e. The maximum Gasteiger partial charge on any atom is 0.140 e. The van der Waals surface area contributed by atoms with Crippen molar-refractivity contribution in [3.05, 3.63) is 42.5 Å². The van der Waals surface area contributed by atoms with Crippen molar-refractivity contribution >= 4 is 32.8 Å². The van der Waals surface area contributed by atoms with E-state index in [9.17, 15) is 20.4 Å². The number of nitrogens with zero attached hydrogens (tertiary/aromatic N) is 3. The summed E-state index contributed by atoms with van der Waals surface area (Å²) in [6.07, 6.45) is -3.37. The second kappa shape index (κ2) is 6.80. The summed E-state index contributed by atoms with van der Waals surface area (Å²) in [5, 5.41) is 50.3. The summed E-state index contributed by atoms with van der Waals surface area (Å²) in [7, 11) is 0. The Morgan fingerprint density at radius 2 is 1.48 bits per heavy atom. The van der Waals surface area contributed by atoms with Crippen LogP contribution in [-0.4, -0.2) is 70.4 Å². The first-order valence-electron chi connectivity index (χ1n) is 8.37. The summed E-state index contributed by atoms with van der Waals surface area (Å²) in [6.45, 7) is -0.752. The lowest BCUT2D eigenvalue weighted by atomic mass is 10.0. The zero-order valence-corrected chi connectivity index (χ0v) is 14.1. The minimum absolute atomic E-state index is 0.0168. The zero-order valence-electron chi connectivity index (χ0n) is 14.1. The van der Waals surface area contributed by atoms with Crippen LogP contribution >= 0.6 is 0 Å². The van der Waals surface area contributed by atoms with Crippen LogP contribution in [-0.2, 0) is 0 Å². The van der Waals surface area contributed by atoms with Crippen LogP contribution in [0.15, 0.2) is 36.7 Å².